The summed E-state index contributed by atoms with van der Waals surface area (Å²) in [5, 5.41) is 6.99. The Morgan fingerprint density at radius 2 is 1.92 bits per heavy atom. The van der Waals surface area contributed by atoms with E-state index in [1.165, 1.54) is 16.8 Å². The van der Waals surface area contributed by atoms with E-state index in [1.807, 2.05) is 26.0 Å². The van der Waals surface area contributed by atoms with Crippen molar-refractivity contribution in [1.29, 1.82) is 0 Å². The highest BCUT2D eigenvalue weighted by Gasteiger charge is 2.15. The number of carbonyl (C=O) groups excluding carboxylic acids is 1. The van der Waals surface area contributed by atoms with Gasteiger partial charge in [0.2, 0.25) is 0 Å². The van der Waals surface area contributed by atoms with E-state index in [2.05, 4.69) is 10.4 Å². The van der Waals surface area contributed by atoms with Gasteiger partial charge < -0.3 is 14.8 Å². The van der Waals surface area contributed by atoms with Gasteiger partial charge in [-0.25, -0.2) is 4.68 Å². The number of carbonyl (C=O) groups is 1. The van der Waals surface area contributed by atoms with Crippen LogP contribution in [0.5, 0.6) is 11.5 Å². The van der Waals surface area contributed by atoms with E-state index < -0.39 is 0 Å². The minimum absolute atomic E-state index is 0.209. The molecule has 134 valence electrons. The molecule has 0 aliphatic rings. The Kier molecular flexibility index (Phi) is 6.16. The van der Waals surface area contributed by atoms with E-state index in [-0.39, 0.29) is 23.2 Å². The molecule has 0 fully saturated rings. The quantitative estimate of drug-likeness (QED) is 0.831. The lowest BCUT2D eigenvalue weighted by Gasteiger charge is -2.16. The van der Waals surface area contributed by atoms with E-state index in [1.54, 1.807) is 20.3 Å². The molecule has 1 N–H and O–H groups in total. The average molecular weight is 345 g/mol. The van der Waals surface area contributed by atoms with Crippen LogP contribution in [0.1, 0.15) is 42.4 Å². The molecule has 1 aromatic carbocycles. The third-order valence-corrected chi connectivity index (χ3v) is 3.79. The van der Waals surface area contributed by atoms with Gasteiger partial charge in [0.15, 0.2) is 11.5 Å². The first-order valence-electron chi connectivity index (χ1n) is 8.11. The van der Waals surface area contributed by atoms with Crippen LogP contribution in [0.25, 0.3) is 0 Å². The third kappa shape index (κ3) is 4.37. The summed E-state index contributed by atoms with van der Waals surface area (Å²) in [4.78, 5) is 24.1. The Morgan fingerprint density at radius 1 is 1.20 bits per heavy atom. The summed E-state index contributed by atoms with van der Waals surface area (Å²) in [5.74, 6) is 0.876. The van der Waals surface area contributed by atoms with Crippen LogP contribution in [-0.4, -0.2) is 29.9 Å². The maximum atomic E-state index is 12.4. The van der Waals surface area contributed by atoms with Gasteiger partial charge in [0.05, 0.1) is 20.3 Å². The smallest absolute Gasteiger partial charge is 0.272 e. The van der Waals surface area contributed by atoms with Gasteiger partial charge in [-0.3, -0.25) is 9.59 Å². The van der Waals surface area contributed by atoms with E-state index >= 15 is 0 Å². The second kappa shape index (κ2) is 8.32. The lowest BCUT2D eigenvalue weighted by molar-refractivity contribution is 0.0932. The highest BCUT2D eigenvalue weighted by Crippen LogP contribution is 2.29. The SMILES string of the molecule is CCCn1nc(C(=O)NC(C)c2ccc(OC)c(OC)c2)ccc1=O. The molecule has 0 spiro atoms. The summed E-state index contributed by atoms with van der Waals surface area (Å²) in [6, 6.07) is 7.99. The van der Waals surface area contributed by atoms with Crippen LogP contribution in [0.3, 0.4) is 0 Å². The van der Waals surface area contributed by atoms with Crippen molar-refractivity contribution in [3.8, 4) is 11.5 Å². The van der Waals surface area contributed by atoms with E-state index in [4.69, 9.17) is 9.47 Å². The van der Waals surface area contributed by atoms with Gasteiger partial charge >= 0.3 is 0 Å². The first-order chi connectivity index (χ1) is 12.0. The Hall–Kier alpha value is -2.83. The van der Waals surface area contributed by atoms with Crippen LogP contribution in [0.15, 0.2) is 35.1 Å². The van der Waals surface area contributed by atoms with Crippen molar-refractivity contribution in [2.45, 2.75) is 32.9 Å². The lowest BCUT2D eigenvalue weighted by Crippen LogP contribution is -2.31. The van der Waals surface area contributed by atoms with Gasteiger partial charge in [-0.05, 0) is 37.1 Å². The summed E-state index contributed by atoms with van der Waals surface area (Å²) < 4.78 is 11.8. The van der Waals surface area contributed by atoms with Crippen LogP contribution >= 0.6 is 0 Å². The van der Waals surface area contributed by atoms with E-state index in [0.29, 0.717) is 18.0 Å². The average Bonchev–Trinajstić information content (AvgIpc) is 2.62. The molecule has 0 bridgehead atoms. The molecule has 25 heavy (non-hydrogen) atoms. The Bertz CT molecular complexity index is 801. The van der Waals surface area contributed by atoms with Gasteiger partial charge in [0.1, 0.15) is 5.69 Å². The predicted molar refractivity (Wildman–Crippen MR) is 94.2 cm³/mol. The van der Waals surface area contributed by atoms with Gasteiger partial charge in [0.25, 0.3) is 11.5 Å². The van der Waals surface area contributed by atoms with E-state index in [0.717, 1.165) is 12.0 Å². The van der Waals surface area contributed by atoms with Crippen molar-refractivity contribution in [3.05, 3.63) is 51.9 Å². The standard InChI is InChI=1S/C18H23N3O4/c1-5-10-21-17(22)9-7-14(20-21)18(23)19-12(2)13-6-8-15(24-3)16(11-13)25-4/h6-9,11-12H,5,10H2,1-4H3,(H,19,23). The van der Waals surface area contributed by atoms with Crippen molar-refractivity contribution in [2.24, 2.45) is 0 Å². The molecule has 2 aromatic rings. The Labute approximate surface area is 146 Å². The van der Waals surface area contributed by atoms with Gasteiger partial charge in [-0.15, -0.1) is 0 Å². The molecule has 0 saturated heterocycles. The maximum Gasteiger partial charge on any atom is 0.272 e. The monoisotopic (exact) mass is 345 g/mol. The highest BCUT2D eigenvalue weighted by atomic mass is 16.5. The number of hydrogen-bond donors (Lipinski definition) is 1. The normalized spacial score (nSPS) is 11.7. The largest absolute Gasteiger partial charge is 0.493 e. The summed E-state index contributed by atoms with van der Waals surface area (Å²) in [6.07, 6.45) is 0.764. The summed E-state index contributed by atoms with van der Waals surface area (Å²) in [5.41, 5.74) is 0.861. The number of aryl methyl sites for hydroxylation is 1. The number of nitrogens with one attached hydrogen (secondary N) is 1. The van der Waals surface area contributed by atoms with Crippen molar-refractivity contribution < 1.29 is 14.3 Å². The van der Waals surface area contributed by atoms with Crippen molar-refractivity contribution in [3.63, 3.8) is 0 Å². The summed E-state index contributed by atoms with van der Waals surface area (Å²) in [7, 11) is 3.13. The van der Waals surface area contributed by atoms with Crippen LogP contribution < -0.4 is 20.3 Å². The summed E-state index contributed by atoms with van der Waals surface area (Å²) >= 11 is 0. The molecule has 0 saturated carbocycles. The van der Waals surface area contributed by atoms with Gasteiger partial charge in [-0.2, -0.15) is 5.10 Å². The molecule has 0 radical (unpaired) electrons. The maximum absolute atomic E-state index is 12.4. The fraction of sp³-hybridized carbons (Fsp3) is 0.389. The Balaban J connectivity index is 2.17. The molecule has 1 amide bonds. The number of methoxy groups -OCH3 is 2. The molecule has 2 rings (SSSR count). The number of benzene rings is 1. The highest BCUT2D eigenvalue weighted by molar-refractivity contribution is 5.92. The third-order valence-electron chi connectivity index (χ3n) is 3.79. The predicted octanol–water partition coefficient (Wildman–Crippen LogP) is 2.16. The second-order valence-electron chi connectivity index (χ2n) is 5.59. The number of ether oxygens (including phenoxy) is 2. The Morgan fingerprint density at radius 3 is 2.56 bits per heavy atom. The summed E-state index contributed by atoms with van der Waals surface area (Å²) in [6.45, 7) is 4.28. The number of nitrogens with zero attached hydrogens (tertiary/aromatic N) is 2. The molecule has 7 nitrogen and oxygen atoms in total. The van der Waals surface area contributed by atoms with Crippen molar-refractivity contribution >= 4 is 5.91 Å². The molecule has 0 aliphatic heterocycles. The zero-order valence-electron chi connectivity index (χ0n) is 14.9. The van der Waals surface area contributed by atoms with Crippen LogP contribution in [0, 0.1) is 0 Å². The first kappa shape index (κ1) is 18.5. The van der Waals surface area contributed by atoms with Crippen LogP contribution in [0.4, 0.5) is 0 Å². The van der Waals surface area contributed by atoms with Gasteiger partial charge in [-0.1, -0.05) is 13.0 Å². The minimum atomic E-state index is -0.341. The first-order valence-corrected chi connectivity index (χ1v) is 8.11. The number of hydrogen-bond acceptors (Lipinski definition) is 5. The van der Waals surface area contributed by atoms with Crippen LogP contribution in [-0.2, 0) is 6.54 Å². The van der Waals surface area contributed by atoms with Crippen molar-refractivity contribution in [2.75, 3.05) is 14.2 Å². The number of rotatable bonds is 7. The molecule has 0 aliphatic carbocycles. The van der Waals surface area contributed by atoms with Crippen molar-refractivity contribution in [1.82, 2.24) is 15.1 Å². The van der Waals surface area contributed by atoms with Crippen LogP contribution in [0.2, 0.25) is 0 Å². The molecule has 1 heterocycles. The molecular weight excluding hydrogens is 322 g/mol. The molecule has 7 heteroatoms. The minimum Gasteiger partial charge on any atom is -0.493 e. The van der Waals surface area contributed by atoms with E-state index in [9.17, 15) is 9.59 Å². The number of aromatic nitrogens is 2. The van der Waals surface area contributed by atoms with Gasteiger partial charge in [0, 0.05) is 12.6 Å². The molecule has 1 aromatic heterocycles. The molecule has 1 unspecified atom stereocenters. The molecule has 1 atom stereocenters. The number of amides is 1. The zero-order valence-corrected chi connectivity index (χ0v) is 14.9. The fourth-order valence-electron chi connectivity index (χ4n) is 2.42. The topological polar surface area (TPSA) is 82.5 Å². The zero-order chi connectivity index (χ0) is 18.4. The second-order valence-corrected chi connectivity index (χ2v) is 5.59. The fourth-order valence-corrected chi connectivity index (χ4v) is 2.42. The molecular formula is C18H23N3O4. The lowest BCUT2D eigenvalue weighted by atomic mass is 10.1.